The molecular formula is C13H13IN2. The Morgan fingerprint density at radius 2 is 1.31 bits per heavy atom. The Bertz CT molecular complexity index is 425. The van der Waals surface area contributed by atoms with E-state index in [4.69, 9.17) is 0 Å². The molecule has 0 fully saturated rings. The van der Waals surface area contributed by atoms with Crippen molar-refractivity contribution in [2.75, 3.05) is 17.3 Å². The van der Waals surface area contributed by atoms with Crippen LogP contribution in [0.1, 0.15) is 0 Å². The number of hydrogen-bond acceptors (Lipinski definition) is 2. The molecule has 82 valence electrons. The van der Waals surface area contributed by atoms with Gasteiger partial charge in [-0.15, -0.1) is 0 Å². The first-order chi connectivity index (χ1) is 7.84. The fourth-order valence-corrected chi connectivity index (χ4v) is 1.73. The Labute approximate surface area is 109 Å². The molecule has 0 spiro atoms. The van der Waals surface area contributed by atoms with Crippen LogP contribution < -0.4 is 10.6 Å². The standard InChI is InChI=1S/C13H13IN2/c14-11-6-8-13(9-7-11)16-10-15-12-4-2-1-3-5-12/h1-9,15-16H,10H2. The van der Waals surface area contributed by atoms with E-state index in [0.29, 0.717) is 0 Å². The fraction of sp³-hybridized carbons (Fsp3) is 0.0769. The van der Waals surface area contributed by atoms with Gasteiger partial charge in [0.2, 0.25) is 0 Å². The molecule has 0 saturated carbocycles. The second kappa shape index (κ2) is 5.75. The van der Waals surface area contributed by atoms with Crippen LogP contribution in [0.4, 0.5) is 11.4 Å². The minimum atomic E-state index is 0.727. The highest BCUT2D eigenvalue weighted by Crippen LogP contribution is 2.11. The number of nitrogens with one attached hydrogen (secondary N) is 2. The zero-order chi connectivity index (χ0) is 11.2. The third-order valence-corrected chi connectivity index (χ3v) is 2.92. The van der Waals surface area contributed by atoms with E-state index in [2.05, 4.69) is 69.6 Å². The summed E-state index contributed by atoms with van der Waals surface area (Å²) in [6.07, 6.45) is 0. The van der Waals surface area contributed by atoms with Crippen molar-refractivity contribution in [2.45, 2.75) is 0 Å². The number of rotatable bonds is 4. The van der Waals surface area contributed by atoms with E-state index in [1.54, 1.807) is 0 Å². The molecule has 0 atom stereocenters. The number of benzene rings is 2. The lowest BCUT2D eigenvalue weighted by Crippen LogP contribution is -2.11. The zero-order valence-electron chi connectivity index (χ0n) is 8.78. The first-order valence-corrected chi connectivity index (χ1v) is 6.21. The Kier molecular flexibility index (Phi) is 4.04. The molecule has 0 aromatic heterocycles. The monoisotopic (exact) mass is 324 g/mol. The summed E-state index contributed by atoms with van der Waals surface area (Å²) in [5.74, 6) is 0. The van der Waals surface area contributed by atoms with Crippen molar-refractivity contribution in [1.29, 1.82) is 0 Å². The molecule has 0 unspecified atom stereocenters. The van der Waals surface area contributed by atoms with Gasteiger partial charge in [-0.1, -0.05) is 18.2 Å². The normalized spacial score (nSPS) is 9.81. The van der Waals surface area contributed by atoms with Gasteiger partial charge in [0.05, 0.1) is 6.67 Å². The SMILES string of the molecule is Ic1ccc(NCNc2ccccc2)cc1. The van der Waals surface area contributed by atoms with Gasteiger partial charge in [-0.05, 0) is 59.0 Å². The van der Waals surface area contributed by atoms with Gasteiger partial charge in [0.1, 0.15) is 0 Å². The van der Waals surface area contributed by atoms with Crippen molar-refractivity contribution in [3.8, 4) is 0 Å². The lowest BCUT2D eigenvalue weighted by atomic mass is 10.3. The summed E-state index contributed by atoms with van der Waals surface area (Å²) in [6, 6.07) is 18.5. The van der Waals surface area contributed by atoms with Crippen LogP contribution >= 0.6 is 22.6 Å². The van der Waals surface area contributed by atoms with E-state index in [9.17, 15) is 0 Å². The average Bonchev–Trinajstić information content (AvgIpc) is 2.33. The van der Waals surface area contributed by atoms with Crippen molar-refractivity contribution in [3.63, 3.8) is 0 Å². The van der Waals surface area contributed by atoms with Crippen molar-refractivity contribution in [1.82, 2.24) is 0 Å². The molecule has 0 bridgehead atoms. The molecule has 0 aliphatic rings. The Hall–Kier alpha value is -1.23. The third kappa shape index (κ3) is 3.41. The van der Waals surface area contributed by atoms with Gasteiger partial charge < -0.3 is 10.6 Å². The lowest BCUT2D eigenvalue weighted by molar-refractivity contribution is 1.22. The van der Waals surface area contributed by atoms with Crippen LogP contribution in [0, 0.1) is 3.57 Å². The van der Waals surface area contributed by atoms with Gasteiger partial charge >= 0.3 is 0 Å². The second-order valence-corrected chi connectivity index (χ2v) is 4.65. The average molecular weight is 324 g/mol. The van der Waals surface area contributed by atoms with Crippen LogP contribution in [0.3, 0.4) is 0 Å². The summed E-state index contributed by atoms with van der Waals surface area (Å²) in [5.41, 5.74) is 2.25. The first-order valence-electron chi connectivity index (χ1n) is 5.13. The van der Waals surface area contributed by atoms with Crippen LogP contribution in [-0.4, -0.2) is 6.67 Å². The van der Waals surface area contributed by atoms with Gasteiger partial charge in [0.15, 0.2) is 0 Å². The highest BCUT2D eigenvalue weighted by Gasteiger charge is 1.91. The van der Waals surface area contributed by atoms with E-state index in [0.717, 1.165) is 18.0 Å². The molecular weight excluding hydrogens is 311 g/mol. The van der Waals surface area contributed by atoms with E-state index in [1.165, 1.54) is 3.57 Å². The predicted octanol–water partition coefficient (Wildman–Crippen LogP) is 3.77. The van der Waals surface area contributed by atoms with Crippen molar-refractivity contribution in [3.05, 3.63) is 58.2 Å². The molecule has 0 amide bonds. The van der Waals surface area contributed by atoms with Crippen molar-refractivity contribution in [2.24, 2.45) is 0 Å². The molecule has 0 aliphatic carbocycles. The van der Waals surface area contributed by atoms with Crippen LogP contribution in [0.2, 0.25) is 0 Å². The maximum atomic E-state index is 3.31. The summed E-state index contributed by atoms with van der Waals surface area (Å²) in [4.78, 5) is 0. The molecule has 2 rings (SSSR count). The van der Waals surface area contributed by atoms with Gasteiger partial charge in [-0.3, -0.25) is 0 Å². The number of para-hydroxylation sites is 1. The van der Waals surface area contributed by atoms with E-state index in [-0.39, 0.29) is 0 Å². The molecule has 0 saturated heterocycles. The van der Waals surface area contributed by atoms with Crippen LogP contribution in [-0.2, 0) is 0 Å². The van der Waals surface area contributed by atoms with Gasteiger partial charge in [-0.2, -0.15) is 0 Å². The summed E-state index contributed by atoms with van der Waals surface area (Å²) >= 11 is 2.30. The maximum absolute atomic E-state index is 3.31. The topological polar surface area (TPSA) is 24.1 Å². The van der Waals surface area contributed by atoms with Gasteiger partial charge in [-0.25, -0.2) is 0 Å². The Morgan fingerprint density at radius 1 is 0.750 bits per heavy atom. The predicted molar refractivity (Wildman–Crippen MR) is 77.7 cm³/mol. The Morgan fingerprint density at radius 3 is 1.94 bits per heavy atom. The van der Waals surface area contributed by atoms with E-state index >= 15 is 0 Å². The summed E-state index contributed by atoms with van der Waals surface area (Å²) < 4.78 is 1.25. The smallest absolute Gasteiger partial charge is 0.0849 e. The van der Waals surface area contributed by atoms with Crippen molar-refractivity contribution >= 4 is 34.0 Å². The lowest BCUT2D eigenvalue weighted by Gasteiger charge is -2.09. The zero-order valence-corrected chi connectivity index (χ0v) is 10.9. The summed E-state index contributed by atoms with van der Waals surface area (Å²) in [7, 11) is 0. The van der Waals surface area contributed by atoms with E-state index < -0.39 is 0 Å². The van der Waals surface area contributed by atoms with Gasteiger partial charge in [0.25, 0.3) is 0 Å². The summed E-state index contributed by atoms with van der Waals surface area (Å²) in [5, 5.41) is 6.60. The molecule has 0 aliphatic heterocycles. The highest BCUT2D eigenvalue weighted by molar-refractivity contribution is 14.1. The third-order valence-electron chi connectivity index (χ3n) is 2.20. The van der Waals surface area contributed by atoms with Crippen molar-refractivity contribution < 1.29 is 0 Å². The molecule has 3 heteroatoms. The minimum Gasteiger partial charge on any atom is -0.368 e. The largest absolute Gasteiger partial charge is 0.368 e. The minimum absolute atomic E-state index is 0.727. The first kappa shape index (κ1) is 11.3. The number of hydrogen-bond donors (Lipinski definition) is 2. The second-order valence-electron chi connectivity index (χ2n) is 3.40. The molecule has 2 nitrogen and oxygen atoms in total. The quantitative estimate of drug-likeness (QED) is 0.661. The Balaban J connectivity index is 1.82. The van der Waals surface area contributed by atoms with Crippen LogP contribution in [0.5, 0.6) is 0 Å². The fourth-order valence-electron chi connectivity index (χ4n) is 1.37. The molecule has 0 heterocycles. The van der Waals surface area contributed by atoms with E-state index in [1.807, 2.05) is 18.2 Å². The molecule has 0 radical (unpaired) electrons. The highest BCUT2D eigenvalue weighted by atomic mass is 127. The molecule has 2 aromatic carbocycles. The molecule has 16 heavy (non-hydrogen) atoms. The molecule has 2 aromatic rings. The molecule has 2 N–H and O–H groups in total. The number of anilines is 2. The van der Waals surface area contributed by atoms with Crippen LogP contribution in [0.25, 0.3) is 0 Å². The number of halogens is 1. The van der Waals surface area contributed by atoms with Crippen LogP contribution in [0.15, 0.2) is 54.6 Å². The maximum Gasteiger partial charge on any atom is 0.0849 e. The summed E-state index contributed by atoms with van der Waals surface area (Å²) in [6.45, 7) is 0.727. The van der Waals surface area contributed by atoms with Gasteiger partial charge in [0, 0.05) is 14.9 Å².